The van der Waals surface area contributed by atoms with Crippen molar-refractivity contribution >= 4 is 72.3 Å². The summed E-state index contributed by atoms with van der Waals surface area (Å²) in [6.45, 7) is 0. The van der Waals surface area contributed by atoms with Crippen LogP contribution in [0.25, 0.3) is 0 Å². The van der Waals surface area contributed by atoms with E-state index in [9.17, 15) is 0 Å². The van der Waals surface area contributed by atoms with Crippen LogP contribution in [0, 0.1) is 0 Å². The molecule has 0 aliphatic heterocycles. The molecule has 0 heterocycles. The van der Waals surface area contributed by atoms with Gasteiger partial charge in [0.15, 0.2) is 0 Å². The van der Waals surface area contributed by atoms with Gasteiger partial charge in [-0.15, -0.1) is 18.5 Å². The molecular formula is C46H48Cl2P3Ru+. The van der Waals surface area contributed by atoms with Gasteiger partial charge >= 0.3 is 34.5 Å². The number of halogens is 2. The second-order valence-corrected chi connectivity index (χ2v) is 18.0. The van der Waals surface area contributed by atoms with Crippen LogP contribution >= 0.6 is 45.8 Å². The van der Waals surface area contributed by atoms with Gasteiger partial charge in [-0.05, 0) is 83.8 Å². The Bertz CT molecular complexity index is 1650. The van der Waals surface area contributed by atoms with Crippen LogP contribution in [0.4, 0.5) is 0 Å². The summed E-state index contributed by atoms with van der Waals surface area (Å²) >= 11 is -0.346. The molecule has 2 unspecified atom stereocenters. The molecule has 0 aliphatic rings. The maximum atomic E-state index is 4.85. The van der Waals surface area contributed by atoms with E-state index in [1.54, 1.807) is 0 Å². The smallest absolute Gasteiger partial charge is 0.0622 e. The van der Waals surface area contributed by atoms with Gasteiger partial charge in [-0.3, -0.25) is 0 Å². The summed E-state index contributed by atoms with van der Waals surface area (Å²) in [5, 5.41) is 6.78. The molecule has 0 aliphatic carbocycles. The van der Waals surface area contributed by atoms with Crippen molar-refractivity contribution in [3.63, 3.8) is 0 Å². The quantitative estimate of drug-likeness (QED) is 0.0811. The third-order valence-electron chi connectivity index (χ3n) is 7.65. The van der Waals surface area contributed by atoms with E-state index in [4.69, 9.17) is 19.4 Å². The maximum absolute atomic E-state index is 4.85. The van der Waals surface area contributed by atoms with Crippen LogP contribution in [0.15, 0.2) is 212 Å². The molecule has 7 aromatic rings. The summed E-state index contributed by atoms with van der Waals surface area (Å²) in [7, 11) is 14.1. The molecule has 0 aromatic heterocycles. The van der Waals surface area contributed by atoms with Crippen molar-refractivity contribution in [3.05, 3.63) is 223 Å². The van der Waals surface area contributed by atoms with Crippen molar-refractivity contribution in [2.75, 3.05) is 0 Å². The average molecular weight is 866 g/mol. The van der Waals surface area contributed by atoms with E-state index >= 15 is 0 Å². The van der Waals surface area contributed by atoms with E-state index in [-0.39, 0.29) is 15.1 Å². The zero-order chi connectivity index (χ0) is 36.9. The molecule has 6 heteroatoms. The normalized spacial score (nSPS) is 9.79. The summed E-state index contributed by atoms with van der Waals surface area (Å²) in [6, 6.07) is 74.2. The van der Waals surface area contributed by atoms with Crippen LogP contribution < -0.4 is 26.5 Å². The zero-order valence-electron chi connectivity index (χ0n) is 29.3. The minimum absolute atomic E-state index is 0.346. The molecule has 0 fully saturated rings. The standard InChI is InChI=1S/C18H15P.C16H18.2C6H7P.2ClH.Ru/c1-4-10-16(11-5-1)19(17-12-6-2-7-13-17)18-14-8-3-9-15-18;1-3-9-15(10-4-1)13-7-8-14-16-11-5-2-6-12-16;2*7-6-4-2-1-3-5-6;;;/h1-15H;1-6,9-12H,7-8,13-14H2;2*1-5H,7H2;2*1H;/q;;;;;;+2/p-1. The van der Waals surface area contributed by atoms with E-state index < -0.39 is 7.92 Å². The number of unbranched alkanes of at least 4 members (excludes halogenated alkanes) is 1. The predicted molar refractivity (Wildman–Crippen MR) is 239 cm³/mol. The van der Waals surface area contributed by atoms with E-state index in [1.165, 1.54) is 63.3 Å². The molecular weight excluding hydrogens is 817 g/mol. The molecule has 52 heavy (non-hydrogen) atoms. The van der Waals surface area contributed by atoms with Crippen molar-refractivity contribution in [3.8, 4) is 0 Å². The summed E-state index contributed by atoms with van der Waals surface area (Å²) in [5.74, 6) is 0. The maximum Gasteiger partial charge on any atom is 0.102 e. The van der Waals surface area contributed by atoms with Gasteiger partial charge in [0.1, 0.15) is 15.9 Å². The van der Waals surface area contributed by atoms with E-state index in [0.29, 0.717) is 0 Å². The number of aryl methyl sites for hydroxylation is 2. The topological polar surface area (TPSA) is 0 Å². The number of rotatable bonds is 8. The Morgan fingerprint density at radius 3 is 0.769 bits per heavy atom. The van der Waals surface area contributed by atoms with E-state index in [1.807, 2.05) is 60.7 Å². The third kappa shape index (κ3) is 19.2. The van der Waals surface area contributed by atoms with Crippen LogP contribution in [0.5, 0.6) is 0 Å². The predicted octanol–water partition coefficient (Wildman–Crippen LogP) is 11.2. The van der Waals surface area contributed by atoms with Gasteiger partial charge in [-0.2, -0.15) is 0 Å². The van der Waals surface area contributed by atoms with Crippen molar-refractivity contribution in [2.24, 2.45) is 0 Å². The number of hydrogen-bond acceptors (Lipinski definition) is 0. The molecule has 0 radical (unpaired) electrons. The van der Waals surface area contributed by atoms with Crippen LogP contribution in [0.1, 0.15) is 24.0 Å². The first-order chi connectivity index (χ1) is 25.6. The van der Waals surface area contributed by atoms with Crippen LogP contribution in [-0.4, -0.2) is 0 Å². The van der Waals surface area contributed by atoms with Gasteiger partial charge in [0.05, 0.1) is 7.92 Å². The van der Waals surface area contributed by atoms with Crippen molar-refractivity contribution in [2.45, 2.75) is 25.7 Å². The summed E-state index contributed by atoms with van der Waals surface area (Å²) < 4.78 is 0. The Hall–Kier alpha value is -2.97. The minimum Gasteiger partial charge on any atom is -0.0622 e. The van der Waals surface area contributed by atoms with Crippen molar-refractivity contribution in [1.82, 2.24) is 0 Å². The minimum atomic E-state index is -0.877. The molecule has 7 aromatic carbocycles. The van der Waals surface area contributed by atoms with Crippen molar-refractivity contribution in [1.29, 1.82) is 0 Å². The van der Waals surface area contributed by atoms with Crippen LogP contribution in [0.3, 0.4) is 0 Å². The van der Waals surface area contributed by atoms with Crippen LogP contribution in [0.2, 0.25) is 0 Å². The Kier molecular flexibility index (Phi) is 23.8. The monoisotopic (exact) mass is 865 g/mol. The first-order valence-corrected chi connectivity index (χ1v) is 24.3. The Labute approximate surface area is 334 Å². The van der Waals surface area contributed by atoms with Gasteiger partial charge in [0, 0.05) is 0 Å². The van der Waals surface area contributed by atoms with Gasteiger partial charge < -0.3 is 0 Å². The van der Waals surface area contributed by atoms with Gasteiger partial charge in [-0.25, -0.2) is 0 Å². The first kappa shape index (κ1) is 43.4. The fourth-order valence-corrected chi connectivity index (χ4v) is 8.19. The van der Waals surface area contributed by atoms with E-state index in [0.717, 1.165) is 0 Å². The number of hydrogen-bond donors (Lipinski definition) is 0. The average Bonchev–Trinajstić information content (AvgIpc) is 3.20. The molecule has 0 amide bonds. The second kappa shape index (κ2) is 28.5. The number of benzene rings is 7. The molecule has 0 saturated heterocycles. The second-order valence-electron chi connectivity index (χ2n) is 11.5. The zero-order valence-corrected chi connectivity index (χ0v) is 35.9. The fourth-order valence-electron chi connectivity index (χ4n) is 5.17. The Morgan fingerprint density at radius 2 is 0.558 bits per heavy atom. The molecule has 0 bridgehead atoms. The summed E-state index contributed by atoms with van der Waals surface area (Å²) in [6.07, 6.45) is 4.96. The van der Waals surface area contributed by atoms with Gasteiger partial charge in [0.25, 0.3) is 0 Å². The SMILES string of the molecule is Pc1ccccc1.Pc1ccccc1.[Cl][Ru][Cl].c1ccc(CCCCc2ccccc2)cc1.c1ccc([PH+](c2ccccc2)c2ccccc2)cc1. The molecule has 0 nitrogen and oxygen atoms in total. The molecule has 0 N–H and O–H groups in total. The Morgan fingerprint density at radius 1 is 0.346 bits per heavy atom. The third-order valence-corrected chi connectivity index (χ3v) is 11.2. The fraction of sp³-hybridized carbons (Fsp3) is 0.0870. The molecule has 268 valence electrons. The van der Waals surface area contributed by atoms with Gasteiger partial charge in [-0.1, -0.05) is 176 Å². The van der Waals surface area contributed by atoms with E-state index in [2.05, 4.69) is 170 Å². The molecule has 0 spiro atoms. The first-order valence-electron chi connectivity index (χ1n) is 17.2. The Balaban J connectivity index is 0.000000197. The summed E-state index contributed by atoms with van der Waals surface area (Å²) in [4.78, 5) is 0. The van der Waals surface area contributed by atoms with Crippen LogP contribution in [-0.2, 0) is 28.0 Å². The molecule has 2 atom stereocenters. The molecule has 7 rings (SSSR count). The largest absolute Gasteiger partial charge is 0.102 e. The van der Waals surface area contributed by atoms with Crippen molar-refractivity contribution < 1.29 is 15.1 Å². The van der Waals surface area contributed by atoms with Gasteiger partial charge in [0.2, 0.25) is 0 Å². The molecule has 0 saturated carbocycles. The summed E-state index contributed by atoms with van der Waals surface area (Å²) in [5.41, 5.74) is 2.91.